The van der Waals surface area contributed by atoms with E-state index < -0.39 is 0 Å². The van der Waals surface area contributed by atoms with E-state index in [2.05, 4.69) is 5.32 Å². The number of rotatable bonds is 3. The summed E-state index contributed by atoms with van der Waals surface area (Å²) in [4.78, 5) is 0. The van der Waals surface area contributed by atoms with Crippen LogP contribution in [0.25, 0.3) is 0 Å². The van der Waals surface area contributed by atoms with Gasteiger partial charge in [0.1, 0.15) is 0 Å². The van der Waals surface area contributed by atoms with Crippen LogP contribution in [0.5, 0.6) is 0 Å². The van der Waals surface area contributed by atoms with E-state index in [4.69, 9.17) is 9.47 Å². The van der Waals surface area contributed by atoms with Crippen LogP contribution in [0.4, 0.5) is 0 Å². The number of hydrogen-bond donors (Lipinski definition) is 1. The summed E-state index contributed by atoms with van der Waals surface area (Å²) in [7, 11) is 1.73. The van der Waals surface area contributed by atoms with Gasteiger partial charge in [-0.15, -0.1) is 0 Å². The second-order valence-electron chi connectivity index (χ2n) is 2.43. The lowest BCUT2D eigenvalue weighted by Crippen LogP contribution is -2.28. The van der Waals surface area contributed by atoms with Gasteiger partial charge in [-0.1, -0.05) is 0 Å². The molecular weight excluding hydrogens is 130 g/mol. The van der Waals surface area contributed by atoms with Gasteiger partial charge in [-0.2, -0.15) is 0 Å². The van der Waals surface area contributed by atoms with Crippen LogP contribution in [0.3, 0.4) is 0 Å². The molecule has 10 heavy (non-hydrogen) atoms. The molecule has 3 nitrogen and oxygen atoms in total. The van der Waals surface area contributed by atoms with Crippen molar-refractivity contribution in [1.29, 1.82) is 0 Å². The van der Waals surface area contributed by atoms with Crippen molar-refractivity contribution in [2.45, 2.75) is 19.1 Å². The normalized spacial score (nSPS) is 33.0. The van der Waals surface area contributed by atoms with Crippen LogP contribution < -0.4 is 5.32 Å². The highest BCUT2D eigenvalue weighted by atomic mass is 16.5. The molecular formula is C7H15NO2. The van der Waals surface area contributed by atoms with E-state index >= 15 is 0 Å². The molecule has 0 unspecified atom stereocenters. The molecule has 0 radical (unpaired) electrons. The number of methoxy groups -OCH3 is 1. The Balaban J connectivity index is 2.27. The average Bonchev–Trinajstić information content (AvgIpc) is 2.36. The first-order valence-electron chi connectivity index (χ1n) is 3.73. The van der Waals surface area contributed by atoms with E-state index in [1.54, 1.807) is 7.11 Å². The highest BCUT2D eigenvalue weighted by Crippen LogP contribution is 2.07. The van der Waals surface area contributed by atoms with Crippen molar-refractivity contribution < 1.29 is 9.47 Å². The third-order valence-corrected chi connectivity index (χ3v) is 1.79. The minimum Gasteiger partial charge on any atom is -0.377 e. The molecule has 0 aromatic rings. The smallest absolute Gasteiger partial charge is 0.0972 e. The zero-order valence-electron chi connectivity index (χ0n) is 6.59. The van der Waals surface area contributed by atoms with Crippen LogP contribution in [0.15, 0.2) is 0 Å². The fraction of sp³-hybridized carbons (Fsp3) is 1.00. The standard InChI is InChI=1S/C7H15NO2/c1-3-10-7-5-8-4-6(7)9-2/h6-8H,3-5H2,1-2H3/t6-,7-/m0/s1. The SMILES string of the molecule is CCO[C@H]1CNC[C@@H]1OC. The first-order chi connectivity index (χ1) is 4.88. The number of hydrogen-bond acceptors (Lipinski definition) is 3. The molecule has 0 aliphatic carbocycles. The van der Waals surface area contributed by atoms with Gasteiger partial charge in [0.2, 0.25) is 0 Å². The topological polar surface area (TPSA) is 30.5 Å². The van der Waals surface area contributed by atoms with Crippen molar-refractivity contribution in [2.75, 3.05) is 26.8 Å². The Morgan fingerprint density at radius 3 is 2.70 bits per heavy atom. The molecule has 0 amide bonds. The molecule has 1 aliphatic heterocycles. The van der Waals surface area contributed by atoms with E-state index in [1.807, 2.05) is 6.92 Å². The van der Waals surface area contributed by atoms with Gasteiger partial charge < -0.3 is 14.8 Å². The van der Waals surface area contributed by atoms with Gasteiger partial charge in [0, 0.05) is 26.8 Å². The van der Waals surface area contributed by atoms with Gasteiger partial charge in [0.05, 0.1) is 12.2 Å². The van der Waals surface area contributed by atoms with Crippen LogP contribution in [0, 0.1) is 0 Å². The molecule has 1 heterocycles. The highest BCUT2D eigenvalue weighted by Gasteiger charge is 2.26. The predicted octanol–water partition coefficient (Wildman–Crippen LogP) is 0.00970. The second kappa shape index (κ2) is 3.91. The highest BCUT2D eigenvalue weighted by molar-refractivity contribution is 4.82. The summed E-state index contributed by atoms with van der Waals surface area (Å²) >= 11 is 0. The Morgan fingerprint density at radius 1 is 1.40 bits per heavy atom. The van der Waals surface area contributed by atoms with E-state index in [0.29, 0.717) is 0 Å². The van der Waals surface area contributed by atoms with E-state index in [-0.39, 0.29) is 12.2 Å². The first-order valence-corrected chi connectivity index (χ1v) is 3.73. The van der Waals surface area contributed by atoms with Crippen LogP contribution in [-0.4, -0.2) is 39.0 Å². The predicted molar refractivity (Wildman–Crippen MR) is 39.1 cm³/mol. The molecule has 1 fully saturated rings. The van der Waals surface area contributed by atoms with Gasteiger partial charge in [-0.25, -0.2) is 0 Å². The van der Waals surface area contributed by atoms with Crippen LogP contribution >= 0.6 is 0 Å². The molecule has 60 valence electrons. The van der Waals surface area contributed by atoms with Crippen molar-refractivity contribution in [3.8, 4) is 0 Å². The molecule has 0 spiro atoms. The summed E-state index contributed by atoms with van der Waals surface area (Å²) < 4.78 is 10.6. The molecule has 2 atom stereocenters. The zero-order chi connectivity index (χ0) is 7.40. The Morgan fingerprint density at radius 2 is 2.10 bits per heavy atom. The first kappa shape index (κ1) is 7.98. The van der Waals surface area contributed by atoms with Crippen LogP contribution in [0.2, 0.25) is 0 Å². The van der Waals surface area contributed by atoms with Crippen molar-refractivity contribution in [1.82, 2.24) is 5.32 Å². The number of nitrogens with one attached hydrogen (secondary N) is 1. The fourth-order valence-electron chi connectivity index (χ4n) is 1.25. The van der Waals surface area contributed by atoms with Gasteiger partial charge in [-0.3, -0.25) is 0 Å². The minimum absolute atomic E-state index is 0.250. The van der Waals surface area contributed by atoms with Crippen molar-refractivity contribution in [3.05, 3.63) is 0 Å². The Hall–Kier alpha value is -0.120. The molecule has 0 aromatic carbocycles. The average molecular weight is 145 g/mol. The Bertz CT molecular complexity index is 97.6. The maximum absolute atomic E-state index is 5.42. The van der Waals surface area contributed by atoms with Gasteiger partial charge in [-0.05, 0) is 6.92 Å². The maximum Gasteiger partial charge on any atom is 0.0972 e. The van der Waals surface area contributed by atoms with E-state index in [0.717, 1.165) is 19.7 Å². The van der Waals surface area contributed by atoms with Gasteiger partial charge in [0.15, 0.2) is 0 Å². The number of ether oxygens (including phenoxy) is 2. The lowest BCUT2D eigenvalue weighted by Gasteiger charge is -2.16. The lowest BCUT2D eigenvalue weighted by molar-refractivity contribution is -0.0232. The van der Waals surface area contributed by atoms with Crippen molar-refractivity contribution in [2.24, 2.45) is 0 Å². The molecule has 1 aliphatic rings. The molecule has 1 rings (SSSR count). The monoisotopic (exact) mass is 145 g/mol. The van der Waals surface area contributed by atoms with Crippen LogP contribution in [0.1, 0.15) is 6.92 Å². The van der Waals surface area contributed by atoms with Gasteiger partial charge in [0.25, 0.3) is 0 Å². The van der Waals surface area contributed by atoms with E-state index in [9.17, 15) is 0 Å². The largest absolute Gasteiger partial charge is 0.377 e. The molecule has 1 N–H and O–H groups in total. The summed E-state index contributed by atoms with van der Waals surface area (Å²) in [5, 5.41) is 3.21. The van der Waals surface area contributed by atoms with E-state index in [1.165, 1.54) is 0 Å². The van der Waals surface area contributed by atoms with Gasteiger partial charge >= 0.3 is 0 Å². The summed E-state index contributed by atoms with van der Waals surface area (Å²) in [6, 6.07) is 0. The molecule has 0 bridgehead atoms. The summed E-state index contributed by atoms with van der Waals surface area (Å²) in [5.41, 5.74) is 0. The van der Waals surface area contributed by atoms with Crippen LogP contribution in [-0.2, 0) is 9.47 Å². The summed E-state index contributed by atoms with van der Waals surface area (Å²) in [5.74, 6) is 0. The summed E-state index contributed by atoms with van der Waals surface area (Å²) in [6.45, 7) is 4.62. The maximum atomic E-state index is 5.42. The Labute approximate surface area is 61.7 Å². The zero-order valence-corrected chi connectivity index (χ0v) is 6.59. The minimum atomic E-state index is 0.250. The lowest BCUT2D eigenvalue weighted by atomic mass is 10.2. The second-order valence-corrected chi connectivity index (χ2v) is 2.43. The third-order valence-electron chi connectivity index (χ3n) is 1.79. The van der Waals surface area contributed by atoms with Crippen molar-refractivity contribution >= 4 is 0 Å². The molecule has 1 saturated heterocycles. The van der Waals surface area contributed by atoms with Crippen molar-refractivity contribution in [3.63, 3.8) is 0 Å². The summed E-state index contributed by atoms with van der Waals surface area (Å²) in [6.07, 6.45) is 0.509. The fourth-order valence-corrected chi connectivity index (χ4v) is 1.25. The quantitative estimate of drug-likeness (QED) is 0.607. The third kappa shape index (κ3) is 1.68. The Kier molecular flexibility index (Phi) is 3.12. The molecule has 3 heteroatoms. The molecule has 0 saturated carbocycles. The molecule has 0 aromatic heterocycles.